The lowest BCUT2D eigenvalue weighted by Crippen LogP contribution is -2.22. The monoisotopic (exact) mass is 447 g/mol. The predicted octanol–water partition coefficient (Wildman–Crippen LogP) is 5.68. The number of ether oxygens (including phenoxy) is 1. The second-order valence-electron chi connectivity index (χ2n) is 7.80. The van der Waals surface area contributed by atoms with Crippen LogP contribution in [0.25, 0.3) is 11.0 Å². The van der Waals surface area contributed by atoms with Gasteiger partial charge in [0.15, 0.2) is 0 Å². The molecule has 3 aromatic carbocycles. The van der Waals surface area contributed by atoms with Crippen molar-refractivity contribution in [2.45, 2.75) is 30.8 Å². The lowest BCUT2D eigenvalue weighted by atomic mass is 10.0. The van der Waals surface area contributed by atoms with Crippen LogP contribution in [-0.2, 0) is 13.6 Å². The van der Waals surface area contributed by atoms with Crippen molar-refractivity contribution in [2.75, 3.05) is 18.7 Å². The van der Waals surface area contributed by atoms with Gasteiger partial charge in [0.1, 0.15) is 5.75 Å². The number of hydrogen-bond donors (Lipinski definition) is 1. The first-order chi connectivity index (χ1) is 15.6. The van der Waals surface area contributed by atoms with E-state index in [1.54, 1.807) is 23.4 Å². The summed E-state index contributed by atoms with van der Waals surface area (Å²) >= 11 is 1.76. The minimum Gasteiger partial charge on any atom is -0.497 e. The summed E-state index contributed by atoms with van der Waals surface area (Å²) in [5.41, 5.74) is 5.12. The molecule has 1 heterocycles. The van der Waals surface area contributed by atoms with Gasteiger partial charge in [-0.05, 0) is 54.1 Å². The van der Waals surface area contributed by atoms with Gasteiger partial charge >= 0.3 is 5.69 Å². The van der Waals surface area contributed by atoms with Gasteiger partial charge in [0.25, 0.3) is 0 Å². The van der Waals surface area contributed by atoms with Gasteiger partial charge < -0.3 is 10.1 Å². The van der Waals surface area contributed by atoms with Crippen LogP contribution in [0.4, 0.5) is 5.69 Å². The Hall–Kier alpha value is -3.12. The highest BCUT2D eigenvalue weighted by Crippen LogP contribution is 2.32. The number of nitrogens with zero attached hydrogens (tertiary/aromatic N) is 2. The van der Waals surface area contributed by atoms with E-state index in [2.05, 4.69) is 48.8 Å². The van der Waals surface area contributed by atoms with Crippen molar-refractivity contribution >= 4 is 28.5 Å². The maximum atomic E-state index is 13.2. The second kappa shape index (κ2) is 9.57. The summed E-state index contributed by atoms with van der Waals surface area (Å²) in [6.07, 6.45) is 3.05. The summed E-state index contributed by atoms with van der Waals surface area (Å²) in [7, 11) is 3.50. The summed E-state index contributed by atoms with van der Waals surface area (Å²) in [6.45, 7) is 2.69. The molecule has 1 aromatic heterocycles. The maximum absolute atomic E-state index is 13.2. The molecule has 1 unspecified atom stereocenters. The summed E-state index contributed by atoms with van der Waals surface area (Å²) in [5, 5.41) is 3.72. The van der Waals surface area contributed by atoms with Gasteiger partial charge in [0.2, 0.25) is 0 Å². The molecule has 166 valence electrons. The summed E-state index contributed by atoms with van der Waals surface area (Å²) in [4.78, 5) is 14.4. The number of para-hydroxylation sites is 1. The Bertz CT molecular complexity index is 1270. The SMILES string of the molecule is CCC(Nc1cccc2c1n(C)c(=O)n2Cc1ccc(OC)cc1)c1ccccc1SC. The first kappa shape index (κ1) is 22.1. The molecule has 0 aliphatic rings. The Balaban J connectivity index is 1.73. The van der Waals surface area contributed by atoms with Gasteiger partial charge in [-0.25, -0.2) is 4.79 Å². The van der Waals surface area contributed by atoms with E-state index in [1.807, 2.05) is 48.0 Å². The quantitative estimate of drug-likeness (QED) is 0.353. The number of benzene rings is 3. The van der Waals surface area contributed by atoms with Crippen molar-refractivity contribution in [3.05, 3.63) is 88.3 Å². The number of imidazole rings is 1. The summed E-state index contributed by atoms with van der Waals surface area (Å²) in [6, 6.07) is 22.6. The number of aromatic nitrogens is 2. The third-order valence-electron chi connectivity index (χ3n) is 5.91. The van der Waals surface area contributed by atoms with Crippen molar-refractivity contribution in [1.82, 2.24) is 9.13 Å². The van der Waals surface area contributed by atoms with Crippen LogP contribution >= 0.6 is 11.8 Å². The van der Waals surface area contributed by atoms with Gasteiger partial charge in [0, 0.05) is 11.9 Å². The minimum atomic E-state index is -0.0253. The molecule has 0 radical (unpaired) electrons. The normalized spacial score (nSPS) is 12.1. The molecule has 1 N–H and O–H groups in total. The highest BCUT2D eigenvalue weighted by atomic mass is 32.2. The molecule has 0 saturated carbocycles. The van der Waals surface area contributed by atoms with Crippen LogP contribution in [0.2, 0.25) is 0 Å². The Morgan fingerprint density at radius 1 is 1.03 bits per heavy atom. The molecule has 0 fully saturated rings. The standard InChI is InChI=1S/C26H29N3O2S/c1-5-21(20-9-6-7-12-24(20)32-4)27-22-10-8-11-23-25(22)28(2)26(30)29(23)17-18-13-15-19(31-3)16-14-18/h6-16,21,27H,5,17H2,1-4H3. The largest absolute Gasteiger partial charge is 0.497 e. The molecule has 0 bridgehead atoms. The number of fused-ring (bicyclic) bond motifs is 1. The Morgan fingerprint density at radius 2 is 1.78 bits per heavy atom. The maximum Gasteiger partial charge on any atom is 0.329 e. The van der Waals surface area contributed by atoms with E-state index in [0.717, 1.165) is 34.5 Å². The zero-order valence-corrected chi connectivity index (χ0v) is 19.8. The van der Waals surface area contributed by atoms with Gasteiger partial charge in [-0.2, -0.15) is 0 Å². The predicted molar refractivity (Wildman–Crippen MR) is 134 cm³/mol. The van der Waals surface area contributed by atoms with Gasteiger partial charge in [-0.15, -0.1) is 11.8 Å². The molecule has 4 aromatic rings. The number of aryl methyl sites for hydroxylation is 1. The fraction of sp³-hybridized carbons (Fsp3) is 0.269. The number of methoxy groups -OCH3 is 1. The lowest BCUT2D eigenvalue weighted by Gasteiger charge is -2.22. The van der Waals surface area contributed by atoms with E-state index in [4.69, 9.17) is 4.74 Å². The van der Waals surface area contributed by atoms with Crippen molar-refractivity contribution in [1.29, 1.82) is 0 Å². The third-order valence-corrected chi connectivity index (χ3v) is 6.72. The first-order valence-electron chi connectivity index (χ1n) is 10.8. The smallest absolute Gasteiger partial charge is 0.329 e. The average Bonchev–Trinajstić information content (AvgIpc) is 3.08. The van der Waals surface area contributed by atoms with Gasteiger partial charge in [-0.3, -0.25) is 9.13 Å². The van der Waals surface area contributed by atoms with Gasteiger partial charge in [-0.1, -0.05) is 43.3 Å². The molecule has 6 heteroatoms. The summed E-state index contributed by atoms with van der Waals surface area (Å²) < 4.78 is 8.83. The zero-order valence-electron chi connectivity index (χ0n) is 19.0. The summed E-state index contributed by atoms with van der Waals surface area (Å²) in [5.74, 6) is 0.807. The number of rotatable bonds is 8. The molecule has 0 spiro atoms. The van der Waals surface area contributed by atoms with E-state index in [-0.39, 0.29) is 11.7 Å². The third kappa shape index (κ3) is 4.15. The van der Waals surface area contributed by atoms with Crippen molar-refractivity contribution in [3.63, 3.8) is 0 Å². The highest BCUT2D eigenvalue weighted by Gasteiger charge is 2.18. The van der Waals surface area contributed by atoms with Crippen LogP contribution in [-0.4, -0.2) is 22.5 Å². The number of nitrogens with one attached hydrogen (secondary N) is 1. The number of thioether (sulfide) groups is 1. The van der Waals surface area contributed by atoms with Gasteiger partial charge in [0.05, 0.1) is 36.4 Å². The van der Waals surface area contributed by atoms with Crippen LogP contribution in [0.1, 0.15) is 30.5 Å². The number of anilines is 1. The van der Waals surface area contributed by atoms with E-state index >= 15 is 0 Å². The molecule has 0 aliphatic heterocycles. The lowest BCUT2D eigenvalue weighted by molar-refractivity contribution is 0.414. The molecule has 32 heavy (non-hydrogen) atoms. The molecule has 4 rings (SSSR count). The van der Waals surface area contributed by atoms with Crippen LogP contribution in [0, 0.1) is 0 Å². The van der Waals surface area contributed by atoms with Crippen LogP contribution in [0.3, 0.4) is 0 Å². The van der Waals surface area contributed by atoms with Crippen molar-refractivity contribution < 1.29 is 4.74 Å². The molecular formula is C26H29N3O2S. The zero-order chi connectivity index (χ0) is 22.7. The van der Waals surface area contributed by atoms with Crippen LogP contribution < -0.4 is 15.7 Å². The topological polar surface area (TPSA) is 48.2 Å². The average molecular weight is 448 g/mol. The molecule has 5 nitrogen and oxygen atoms in total. The number of hydrogen-bond acceptors (Lipinski definition) is 4. The van der Waals surface area contributed by atoms with Crippen LogP contribution in [0.5, 0.6) is 5.75 Å². The molecular weight excluding hydrogens is 418 g/mol. The van der Waals surface area contributed by atoms with E-state index < -0.39 is 0 Å². The molecule has 0 aliphatic carbocycles. The fourth-order valence-electron chi connectivity index (χ4n) is 4.21. The van der Waals surface area contributed by atoms with E-state index in [9.17, 15) is 4.79 Å². The van der Waals surface area contributed by atoms with E-state index in [0.29, 0.717) is 6.54 Å². The Labute approximate surface area is 193 Å². The first-order valence-corrected chi connectivity index (χ1v) is 12.0. The Kier molecular flexibility index (Phi) is 6.61. The fourth-order valence-corrected chi connectivity index (χ4v) is 4.87. The van der Waals surface area contributed by atoms with Crippen LogP contribution in [0.15, 0.2) is 76.4 Å². The van der Waals surface area contributed by atoms with Crippen molar-refractivity contribution in [3.8, 4) is 5.75 Å². The Morgan fingerprint density at radius 3 is 2.47 bits per heavy atom. The highest BCUT2D eigenvalue weighted by molar-refractivity contribution is 7.98. The second-order valence-corrected chi connectivity index (χ2v) is 8.64. The minimum absolute atomic E-state index is 0.0253. The van der Waals surface area contributed by atoms with E-state index in [1.165, 1.54) is 10.5 Å². The molecule has 0 saturated heterocycles. The molecule has 1 atom stereocenters. The van der Waals surface area contributed by atoms with Crippen molar-refractivity contribution in [2.24, 2.45) is 7.05 Å². The molecule has 0 amide bonds.